The van der Waals surface area contributed by atoms with E-state index in [-0.39, 0.29) is 0 Å². The Kier molecular flexibility index (Phi) is 7.10. The summed E-state index contributed by atoms with van der Waals surface area (Å²) in [6.45, 7) is 10.6. The van der Waals surface area contributed by atoms with Crippen molar-refractivity contribution >= 4 is 23.7 Å². The van der Waals surface area contributed by atoms with Gasteiger partial charge in [-0.05, 0) is 82.1 Å². The molecule has 166 valence electrons. The molecule has 2 aromatic carbocycles. The molecule has 0 atom stereocenters. The quantitative estimate of drug-likeness (QED) is 0.348. The van der Waals surface area contributed by atoms with Crippen LogP contribution < -0.4 is 15.5 Å². The van der Waals surface area contributed by atoms with Gasteiger partial charge in [-0.3, -0.25) is 9.59 Å². The van der Waals surface area contributed by atoms with Crippen molar-refractivity contribution in [3.8, 4) is 11.4 Å². The highest BCUT2D eigenvalue weighted by Crippen LogP contribution is 2.23. The molecule has 3 rings (SSSR count). The van der Waals surface area contributed by atoms with Gasteiger partial charge in [0.15, 0.2) is 0 Å². The summed E-state index contributed by atoms with van der Waals surface area (Å²) in [7, 11) is 0. The summed E-state index contributed by atoms with van der Waals surface area (Å²) >= 11 is 0. The van der Waals surface area contributed by atoms with Gasteiger partial charge >= 0.3 is 11.8 Å². The third-order valence-electron chi connectivity index (χ3n) is 5.07. The Bertz CT molecular complexity index is 1160. The molecule has 1 aromatic heterocycles. The fourth-order valence-corrected chi connectivity index (χ4v) is 3.45. The summed E-state index contributed by atoms with van der Waals surface area (Å²) in [4.78, 5) is 24.2. The van der Waals surface area contributed by atoms with Crippen molar-refractivity contribution in [1.82, 2.24) is 9.99 Å². The van der Waals surface area contributed by atoms with Crippen molar-refractivity contribution < 1.29 is 14.3 Å². The summed E-state index contributed by atoms with van der Waals surface area (Å²) < 4.78 is 7.51. The van der Waals surface area contributed by atoms with Gasteiger partial charge in [-0.25, -0.2) is 5.43 Å². The molecule has 0 spiro atoms. The van der Waals surface area contributed by atoms with E-state index in [2.05, 4.69) is 52.5 Å². The van der Waals surface area contributed by atoms with E-state index in [9.17, 15) is 9.59 Å². The molecule has 1 heterocycles. The minimum absolute atomic E-state index is 0.495. The molecule has 3 aromatic rings. The topological polar surface area (TPSA) is 84.7 Å². The Morgan fingerprint density at radius 1 is 1.00 bits per heavy atom. The molecular weight excluding hydrogens is 404 g/mol. The Balaban J connectivity index is 1.66. The van der Waals surface area contributed by atoms with E-state index in [1.807, 2.05) is 26.8 Å². The minimum atomic E-state index is -0.849. The first-order chi connectivity index (χ1) is 15.3. The Morgan fingerprint density at radius 3 is 2.41 bits per heavy atom. The number of hydrazone groups is 1. The van der Waals surface area contributed by atoms with Crippen molar-refractivity contribution in [3.05, 3.63) is 76.6 Å². The number of benzene rings is 2. The molecule has 0 aliphatic rings. The average molecular weight is 433 g/mol. The van der Waals surface area contributed by atoms with Crippen LogP contribution in [-0.2, 0) is 9.59 Å². The van der Waals surface area contributed by atoms with Gasteiger partial charge in [-0.15, -0.1) is 0 Å². The third kappa shape index (κ3) is 5.24. The van der Waals surface area contributed by atoms with Crippen LogP contribution in [0.5, 0.6) is 5.75 Å². The number of ether oxygens (including phenoxy) is 1. The fourth-order valence-electron chi connectivity index (χ4n) is 3.45. The van der Waals surface area contributed by atoms with E-state index in [0.717, 1.165) is 22.6 Å². The highest BCUT2D eigenvalue weighted by atomic mass is 16.5. The molecule has 2 amide bonds. The van der Waals surface area contributed by atoms with Crippen LogP contribution in [0.2, 0.25) is 0 Å². The van der Waals surface area contributed by atoms with E-state index in [4.69, 9.17) is 4.74 Å². The van der Waals surface area contributed by atoms with Crippen molar-refractivity contribution in [2.24, 2.45) is 5.10 Å². The lowest BCUT2D eigenvalue weighted by Crippen LogP contribution is -2.32. The second-order valence-electron chi connectivity index (χ2n) is 7.56. The van der Waals surface area contributed by atoms with Crippen LogP contribution in [-0.4, -0.2) is 29.2 Å². The van der Waals surface area contributed by atoms with Crippen molar-refractivity contribution in [2.45, 2.75) is 34.6 Å². The summed E-state index contributed by atoms with van der Waals surface area (Å²) in [6.07, 6.45) is 1.55. The van der Waals surface area contributed by atoms with Gasteiger partial charge < -0.3 is 14.6 Å². The van der Waals surface area contributed by atoms with E-state index >= 15 is 0 Å². The molecule has 0 aliphatic heterocycles. The predicted octanol–water partition coefficient (Wildman–Crippen LogP) is 4.20. The van der Waals surface area contributed by atoms with Crippen LogP contribution in [0.3, 0.4) is 0 Å². The Hall–Kier alpha value is -3.87. The molecule has 0 unspecified atom stereocenters. The Morgan fingerprint density at radius 2 is 1.72 bits per heavy atom. The number of hydrogen-bond donors (Lipinski definition) is 2. The summed E-state index contributed by atoms with van der Waals surface area (Å²) in [5.41, 5.74) is 9.14. The molecule has 7 heteroatoms. The van der Waals surface area contributed by atoms with Gasteiger partial charge in [-0.1, -0.05) is 12.1 Å². The minimum Gasteiger partial charge on any atom is -0.494 e. The van der Waals surface area contributed by atoms with Gasteiger partial charge in [0.1, 0.15) is 5.75 Å². The van der Waals surface area contributed by atoms with Gasteiger partial charge in [0.25, 0.3) is 0 Å². The van der Waals surface area contributed by atoms with Gasteiger partial charge in [0, 0.05) is 28.3 Å². The normalized spacial score (nSPS) is 10.9. The lowest BCUT2D eigenvalue weighted by atomic mass is 10.1. The number of carbonyl (C=O) groups excluding carboxylic acids is 2. The van der Waals surface area contributed by atoms with Crippen LogP contribution in [0, 0.1) is 27.7 Å². The largest absolute Gasteiger partial charge is 0.494 e. The zero-order valence-electron chi connectivity index (χ0n) is 19.0. The first-order valence-corrected chi connectivity index (χ1v) is 10.4. The zero-order chi connectivity index (χ0) is 23.3. The van der Waals surface area contributed by atoms with Crippen molar-refractivity contribution in [3.63, 3.8) is 0 Å². The molecule has 0 aliphatic carbocycles. The number of nitrogens with one attached hydrogen (secondary N) is 2. The number of aryl methyl sites for hydroxylation is 3. The lowest BCUT2D eigenvalue weighted by molar-refractivity contribution is -0.136. The van der Waals surface area contributed by atoms with Crippen molar-refractivity contribution in [1.29, 1.82) is 0 Å². The molecule has 0 saturated carbocycles. The predicted molar refractivity (Wildman–Crippen MR) is 127 cm³/mol. The summed E-state index contributed by atoms with van der Waals surface area (Å²) in [5.74, 6) is -0.955. The maximum atomic E-state index is 12.1. The highest BCUT2D eigenvalue weighted by Gasteiger charge is 2.14. The number of carbonyl (C=O) groups is 2. The third-order valence-corrected chi connectivity index (χ3v) is 5.07. The maximum absolute atomic E-state index is 12.1. The lowest BCUT2D eigenvalue weighted by Gasteiger charge is -2.13. The number of aromatic nitrogens is 1. The zero-order valence-corrected chi connectivity index (χ0v) is 19.0. The van der Waals surface area contributed by atoms with Gasteiger partial charge in [0.2, 0.25) is 0 Å². The molecule has 32 heavy (non-hydrogen) atoms. The number of anilines is 1. The van der Waals surface area contributed by atoms with Crippen LogP contribution >= 0.6 is 0 Å². The van der Waals surface area contributed by atoms with Gasteiger partial charge in [-0.2, -0.15) is 5.10 Å². The molecular formula is C25H28N4O3. The second kappa shape index (κ2) is 9.96. The summed E-state index contributed by atoms with van der Waals surface area (Å²) in [5, 5.41) is 6.51. The fraction of sp³-hybridized carbons (Fsp3) is 0.240. The SMILES string of the molecule is CCOc1ccc(NC(=O)C(=O)N/N=C\c2cc(C)n(-c3cc(C)ccc3C)c2C)cc1. The van der Waals surface area contributed by atoms with E-state index < -0.39 is 11.8 Å². The standard InChI is InChI=1S/C25H28N4O3/c1-6-32-22-11-9-21(10-12-22)27-24(30)25(31)28-26-15-20-14-18(4)29(19(20)5)23-13-16(2)7-8-17(23)3/h7-15H,6H2,1-5H3,(H,27,30)(H,28,31)/b26-15-. The monoisotopic (exact) mass is 432 g/mol. The smallest absolute Gasteiger partial charge is 0.329 e. The molecule has 7 nitrogen and oxygen atoms in total. The first kappa shape index (κ1) is 22.8. The highest BCUT2D eigenvalue weighted by molar-refractivity contribution is 6.39. The van der Waals surface area contributed by atoms with Crippen LogP contribution in [0.25, 0.3) is 5.69 Å². The molecule has 0 fully saturated rings. The van der Waals surface area contributed by atoms with Crippen LogP contribution in [0.15, 0.2) is 53.6 Å². The number of amides is 2. The van der Waals surface area contributed by atoms with Crippen LogP contribution in [0.4, 0.5) is 5.69 Å². The first-order valence-electron chi connectivity index (χ1n) is 10.4. The Labute approximate surface area is 188 Å². The maximum Gasteiger partial charge on any atom is 0.329 e. The molecule has 0 radical (unpaired) electrons. The number of rotatable bonds is 6. The molecule has 0 bridgehead atoms. The van der Waals surface area contributed by atoms with E-state index in [0.29, 0.717) is 18.0 Å². The average Bonchev–Trinajstić information content (AvgIpc) is 3.04. The van der Waals surface area contributed by atoms with Gasteiger partial charge in [0.05, 0.1) is 12.8 Å². The summed E-state index contributed by atoms with van der Waals surface area (Å²) in [6, 6.07) is 15.1. The van der Waals surface area contributed by atoms with E-state index in [1.54, 1.807) is 30.5 Å². The molecule has 0 saturated heterocycles. The van der Waals surface area contributed by atoms with Crippen LogP contribution in [0.1, 0.15) is 35.0 Å². The second-order valence-corrected chi connectivity index (χ2v) is 7.56. The van der Waals surface area contributed by atoms with E-state index in [1.165, 1.54) is 11.1 Å². The number of nitrogens with zero attached hydrogens (tertiary/aromatic N) is 2. The van der Waals surface area contributed by atoms with Crippen molar-refractivity contribution in [2.75, 3.05) is 11.9 Å². The number of hydrogen-bond acceptors (Lipinski definition) is 4. The molecule has 2 N–H and O–H groups in total.